The number of carboxylic acid groups (broad SMARTS) is 1. The van der Waals surface area contributed by atoms with Crippen LogP contribution in [0.25, 0.3) is 5.69 Å². The van der Waals surface area contributed by atoms with E-state index in [1.165, 1.54) is 22.9 Å². The molecule has 192 valence electrons. The van der Waals surface area contributed by atoms with E-state index in [4.69, 9.17) is 4.74 Å². The van der Waals surface area contributed by atoms with Crippen molar-refractivity contribution >= 4 is 11.9 Å². The third-order valence-corrected chi connectivity index (χ3v) is 7.04. The lowest BCUT2D eigenvalue weighted by Gasteiger charge is -2.36. The first kappa shape index (κ1) is 26.7. The Bertz CT molecular complexity index is 1040. The van der Waals surface area contributed by atoms with Crippen LogP contribution in [-0.2, 0) is 4.79 Å². The number of nitrogens with one attached hydrogen (secondary N) is 1. The van der Waals surface area contributed by atoms with Gasteiger partial charge in [-0.1, -0.05) is 52.2 Å². The summed E-state index contributed by atoms with van der Waals surface area (Å²) in [4.78, 5) is 24.6. The number of aliphatic carboxylic acids is 1. The third kappa shape index (κ3) is 6.60. The van der Waals surface area contributed by atoms with Gasteiger partial charge in [-0.05, 0) is 43.2 Å². The second-order valence-electron chi connectivity index (χ2n) is 10.6. The minimum atomic E-state index is -1.21. The molecule has 2 aromatic rings. The number of halogens is 1. The molecule has 8 nitrogen and oxygen atoms in total. The van der Waals surface area contributed by atoms with Gasteiger partial charge >= 0.3 is 5.97 Å². The van der Waals surface area contributed by atoms with Gasteiger partial charge < -0.3 is 20.3 Å². The van der Waals surface area contributed by atoms with Crippen molar-refractivity contribution in [1.82, 2.24) is 15.1 Å². The zero-order chi connectivity index (χ0) is 25.8. The molecule has 2 atom stereocenters. The van der Waals surface area contributed by atoms with Gasteiger partial charge in [-0.25, -0.2) is 4.39 Å². The number of hydrogen-bond acceptors (Lipinski definition) is 5. The predicted molar refractivity (Wildman–Crippen MR) is 129 cm³/mol. The molecule has 1 fully saturated rings. The van der Waals surface area contributed by atoms with E-state index < -0.39 is 34.8 Å². The molecule has 35 heavy (non-hydrogen) atoms. The van der Waals surface area contributed by atoms with Crippen molar-refractivity contribution in [2.75, 3.05) is 6.61 Å². The number of aliphatic hydroxyl groups is 1. The van der Waals surface area contributed by atoms with Gasteiger partial charge in [0.15, 0.2) is 5.69 Å². The first-order chi connectivity index (χ1) is 16.4. The zero-order valence-corrected chi connectivity index (χ0v) is 20.9. The summed E-state index contributed by atoms with van der Waals surface area (Å²) in [5.41, 5.74) is -1.65. The normalized spacial score (nSPS) is 17.4. The van der Waals surface area contributed by atoms with Gasteiger partial charge in [0.05, 0.1) is 6.42 Å². The number of hydrogen-bond donors (Lipinski definition) is 3. The molecule has 3 rings (SSSR count). The summed E-state index contributed by atoms with van der Waals surface area (Å²) >= 11 is 0. The van der Waals surface area contributed by atoms with Crippen LogP contribution in [0.2, 0.25) is 0 Å². The Kier molecular flexibility index (Phi) is 8.20. The minimum absolute atomic E-state index is 0.0233. The Morgan fingerprint density at radius 3 is 2.46 bits per heavy atom. The van der Waals surface area contributed by atoms with Crippen molar-refractivity contribution in [1.29, 1.82) is 0 Å². The number of carboxylic acids is 1. The SMILES string of the molecule is CC(C)(C)[C@](C)(O)COc1cc(C(=O)NC(CC(=O)O)C2CCCCC2)nn1-c1ccccc1F. The number of carbonyl (C=O) groups is 2. The zero-order valence-electron chi connectivity index (χ0n) is 20.9. The van der Waals surface area contributed by atoms with Crippen molar-refractivity contribution in [3.8, 4) is 11.6 Å². The molecule has 0 saturated heterocycles. The van der Waals surface area contributed by atoms with E-state index in [-0.39, 0.29) is 36.2 Å². The minimum Gasteiger partial charge on any atom is -0.481 e. The fourth-order valence-corrected chi connectivity index (χ4v) is 4.11. The molecule has 1 heterocycles. The molecular formula is C26H36FN3O5. The van der Waals surface area contributed by atoms with Gasteiger partial charge in [-0.3, -0.25) is 9.59 Å². The molecule has 1 amide bonds. The van der Waals surface area contributed by atoms with Crippen LogP contribution >= 0.6 is 0 Å². The van der Waals surface area contributed by atoms with Crippen molar-refractivity contribution < 1.29 is 28.9 Å². The average molecular weight is 490 g/mol. The quantitative estimate of drug-likeness (QED) is 0.483. The van der Waals surface area contributed by atoms with Gasteiger partial charge in [0, 0.05) is 12.1 Å². The van der Waals surface area contributed by atoms with Crippen molar-refractivity contribution in [2.45, 2.75) is 77.9 Å². The van der Waals surface area contributed by atoms with Crippen LogP contribution in [0, 0.1) is 17.2 Å². The van der Waals surface area contributed by atoms with E-state index in [9.17, 15) is 24.2 Å². The molecule has 1 aliphatic carbocycles. The van der Waals surface area contributed by atoms with Gasteiger partial charge in [0.1, 0.15) is 23.7 Å². The van der Waals surface area contributed by atoms with Crippen molar-refractivity contribution in [2.24, 2.45) is 11.3 Å². The van der Waals surface area contributed by atoms with Gasteiger partial charge in [0.25, 0.3) is 5.91 Å². The fraction of sp³-hybridized carbons (Fsp3) is 0.577. The average Bonchev–Trinajstić information content (AvgIpc) is 3.21. The Labute approximate surface area is 205 Å². The second-order valence-corrected chi connectivity index (χ2v) is 10.6. The maximum atomic E-state index is 14.6. The highest BCUT2D eigenvalue weighted by Crippen LogP contribution is 2.32. The summed E-state index contributed by atoms with van der Waals surface area (Å²) in [6, 6.07) is 6.83. The van der Waals surface area contributed by atoms with Crippen LogP contribution in [0.3, 0.4) is 0 Å². The lowest BCUT2D eigenvalue weighted by Crippen LogP contribution is -2.45. The van der Waals surface area contributed by atoms with Crippen molar-refractivity contribution in [3.05, 3.63) is 41.8 Å². The maximum absolute atomic E-state index is 14.6. The number of rotatable bonds is 9. The molecule has 1 saturated carbocycles. The molecular weight excluding hydrogens is 453 g/mol. The Morgan fingerprint density at radius 2 is 1.86 bits per heavy atom. The van der Waals surface area contributed by atoms with Gasteiger partial charge in [-0.2, -0.15) is 9.78 Å². The van der Waals surface area contributed by atoms with Crippen LogP contribution in [-0.4, -0.2) is 50.1 Å². The molecule has 1 aromatic carbocycles. The summed E-state index contributed by atoms with van der Waals surface area (Å²) in [6.07, 6.45) is 4.66. The maximum Gasteiger partial charge on any atom is 0.305 e. The van der Waals surface area contributed by atoms with Crippen LogP contribution in [0.5, 0.6) is 5.88 Å². The van der Waals surface area contributed by atoms with Crippen LogP contribution in [0.15, 0.2) is 30.3 Å². The number of carbonyl (C=O) groups excluding carboxylic acids is 1. The highest BCUT2D eigenvalue weighted by atomic mass is 19.1. The fourth-order valence-electron chi connectivity index (χ4n) is 4.11. The summed E-state index contributed by atoms with van der Waals surface area (Å²) < 4.78 is 21.6. The topological polar surface area (TPSA) is 114 Å². The molecule has 9 heteroatoms. The number of aromatic nitrogens is 2. The molecule has 1 aliphatic rings. The monoisotopic (exact) mass is 489 g/mol. The molecule has 0 aliphatic heterocycles. The molecule has 0 bridgehead atoms. The van der Waals surface area contributed by atoms with E-state index in [1.807, 2.05) is 20.8 Å². The molecule has 1 aromatic heterocycles. The summed E-state index contributed by atoms with van der Waals surface area (Å²) in [5.74, 6) is -1.91. The predicted octanol–water partition coefficient (Wildman–Crippen LogP) is 4.34. The first-order valence-electron chi connectivity index (χ1n) is 12.1. The van der Waals surface area contributed by atoms with Crippen molar-refractivity contribution in [3.63, 3.8) is 0 Å². The largest absolute Gasteiger partial charge is 0.481 e. The van der Waals surface area contributed by atoms with Gasteiger partial charge in [0.2, 0.25) is 5.88 Å². The lowest BCUT2D eigenvalue weighted by molar-refractivity contribution is -0.137. The van der Waals surface area contributed by atoms with E-state index in [0.29, 0.717) is 0 Å². The van der Waals surface area contributed by atoms with E-state index >= 15 is 0 Å². The highest BCUT2D eigenvalue weighted by molar-refractivity contribution is 5.93. The summed E-state index contributed by atoms with van der Waals surface area (Å²) in [7, 11) is 0. The molecule has 0 spiro atoms. The van der Waals surface area contributed by atoms with Crippen LogP contribution in [0.1, 0.15) is 76.7 Å². The number of amides is 1. The number of benzene rings is 1. The molecule has 3 N–H and O–H groups in total. The first-order valence-corrected chi connectivity index (χ1v) is 12.1. The molecule has 1 unspecified atom stereocenters. The van der Waals surface area contributed by atoms with Crippen LogP contribution < -0.4 is 10.1 Å². The standard InChI is InChI=1S/C26H36FN3O5/c1-25(2,3)26(4,34)16-35-22-14-20(29-30(22)21-13-9-8-12-18(21)27)24(33)28-19(15-23(31)32)17-10-6-5-7-11-17/h8-9,12-14,17,19,34H,5-7,10-11,15-16H2,1-4H3,(H,28,33)(H,31,32)/t19?,26-/m1/s1. The smallest absolute Gasteiger partial charge is 0.305 e. The Hall–Kier alpha value is -2.94. The Balaban J connectivity index is 1.89. The van der Waals surface area contributed by atoms with Gasteiger partial charge in [-0.15, -0.1) is 0 Å². The summed E-state index contributed by atoms with van der Waals surface area (Å²) in [6.45, 7) is 7.15. The van der Waals surface area contributed by atoms with Crippen LogP contribution in [0.4, 0.5) is 4.39 Å². The summed E-state index contributed by atoms with van der Waals surface area (Å²) in [5, 5.41) is 27.3. The third-order valence-electron chi connectivity index (χ3n) is 7.04. The second kappa shape index (κ2) is 10.8. The molecule has 0 radical (unpaired) electrons. The van der Waals surface area contributed by atoms with E-state index in [2.05, 4.69) is 10.4 Å². The number of para-hydroxylation sites is 1. The Morgan fingerprint density at radius 1 is 1.20 bits per heavy atom. The lowest BCUT2D eigenvalue weighted by atomic mass is 9.78. The number of ether oxygens (including phenoxy) is 1. The van der Waals surface area contributed by atoms with E-state index in [0.717, 1.165) is 32.1 Å². The van der Waals surface area contributed by atoms with E-state index in [1.54, 1.807) is 19.1 Å². The highest BCUT2D eigenvalue weighted by Gasteiger charge is 2.37. The number of nitrogens with zero attached hydrogens (tertiary/aromatic N) is 2.